The number of thiophene rings is 1. The third-order valence-corrected chi connectivity index (χ3v) is 8.62. The molecule has 4 aromatic rings. The Morgan fingerprint density at radius 1 is 1.00 bits per heavy atom. The lowest BCUT2D eigenvalue weighted by Gasteiger charge is -2.10. The SMILES string of the molecule is c1cncc(-c2nc(Sc3nnc(N4CCCC4)s3)c3c4c(sc3n2)CCC4)c1. The van der Waals surface area contributed by atoms with Gasteiger partial charge in [-0.3, -0.25) is 4.98 Å². The summed E-state index contributed by atoms with van der Waals surface area (Å²) in [5.74, 6) is 0.734. The fraction of sp³-hybridized carbons (Fsp3) is 0.350. The van der Waals surface area contributed by atoms with E-state index in [1.807, 2.05) is 29.7 Å². The minimum atomic E-state index is 0.734. The van der Waals surface area contributed by atoms with Crippen molar-refractivity contribution in [3.8, 4) is 11.4 Å². The van der Waals surface area contributed by atoms with Crippen molar-refractivity contribution in [2.24, 2.45) is 0 Å². The Hall–Kier alpha value is -2.10. The molecule has 2 aliphatic rings. The minimum absolute atomic E-state index is 0.734. The highest BCUT2D eigenvalue weighted by Crippen LogP contribution is 2.44. The molecule has 0 radical (unpaired) electrons. The molecule has 6 nitrogen and oxygen atoms in total. The Bertz CT molecular complexity index is 1180. The summed E-state index contributed by atoms with van der Waals surface area (Å²) in [6.45, 7) is 2.17. The van der Waals surface area contributed by atoms with Crippen LogP contribution in [-0.2, 0) is 12.8 Å². The van der Waals surface area contributed by atoms with Gasteiger partial charge in [0.15, 0.2) is 10.2 Å². The molecule has 0 atom stereocenters. The number of aromatic nitrogens is 5. The van der Waals surface area contributed by atoms with Crippen LogP contribution >= 0.6 is 34.4 Å². The number of pyridine rings is 1. The summed E-state index contributed by atoms with van der Waals surface area (Å²) >= 11 is 5.12. The van der Waals surface area contributed by atoms with Gasteiger partial charge >= 0.3 is 0 Å². The summed E-state index contributed by atoms with van der Waals surface area (Å²) < 4.78 is 0.946. The molecule has 29 heavy (non-hydrogen) atoms. The molecular formula is C20H18N6S3. The second-order valence-corrected chi connectivity index (χ2v) is 10.6. The molecule has 0 spiro atoms. The average Bonchev–Trinajstić information content (AvgIpc) is 3.52. The lowest BCUT2D eigenvalue weighted by atomic mass is 10.2. The molecule has 1 aliphatic heterocycles. The summed E-state index contributed by atoms with van der Waals surface area (Å²) in [5.41, 5.74) is 2.38. The molecule has 1 aliphatic carbocycles. The van der Waals surface area contributed by atoms with Gasteiger partial charge in [0, 0.05) is 41.3 Å². The Morgan fingerprint density at radius 2 is 1.93 bits per heavy atom. The fourth-order valence-corrected chi connectivity index (χ4v) is 7.31. The van der Waals surface area contributed by atoms with Crippen molar-refractivity contribution >= 4 is 49.8 Å². The van der Waals surface area contributed by atoms with Gasteiger partial charge in [-0.25, -0.2) is 9.97 Å². The van der Waals surface area contributed by atoms with Gasteiger partial charge in [-0.15, -0.1) is 21.5 Å². The smallest absolute Gasteiger partial charge is 0.209 e. The summed E-state index contributed by atoms with van der Waals surface area (Å²) in [4.78, 5) is 19.0. The van der Waals surface area contributed by atoms with Crippen LogP contribution in [0.5, 0.6) is 0 Å². The molecule has 0 amide bonds. The summed E-state index contributed by atoms with van der Waals surface area (Å²) in [7, 11) is 0. The van der Waals surface area contributed by atoms with Crippen LogP contribution in [0.4, 0.5) is 5.13 Å². The molecule has 146 valence electrons. The van der Waals surface area contributed by atoms with Gasteiger partial charge in [0.25, 0.3) is 0 Å². The number of anilines is 1. The molecule has 9 heteroatoms. The van der Waals surface area contributed by atoms with Gasteiger partial charge in [-0.2, -0.15) is 0 Å². The van der Waals surface area contributed by atoms with E-state index in [0.717, 1.165) is 56.6 Å². The predicted molar refractivity (Wildman–Crippen MR) is 118 cm³/mol. The van der Waals surface area contributed by atoms with Crippen LogP contribution in [0, 0.1) is 0 Å². The zero-order valence-electron chi connectivity index (χ0n) is 15.7. The van der Waals surface area contributed by atoms with E-state index in [0.29, 0.717) is 0 Å². The van der Waals surface area contributed by atoms with Gasteiger partial charge in [0.2, 0.25) is 5.13 Å². The van der Waals surface area contributed by atoms with E-state index in [1.165, 1.54) is 35.1 Å². The maximum atomic E-state index is 4.97. The molecule has 4 aromatic heterocycles. The second-order valence-electron chi connectivity index (χ2n) is 7.28. The molecule has 6 rings (SSSR count). The first-order chi connectivity index (χ1) is 14.3. The third-order valence-electron chi connectivity index (χ3n) is 5.41. The molecular weight excluding hydrogens is 420 g/mol. The largest absolute Gasteiger partial charge is 0.347 e. The van der Waals surface area contributed by atoms with E-state index < -0.39 is 0 Å². The van der Waals surface area contributed by atoms with Crippen molar-refractivity contribution in [1.82, 2.24) is 25.1 Å². The molecule has 0 N–H and O–H groups in total. The van der Waals surface area contributed by atoms with Gasteiger partial charge in [-0.1, -0.05) is 11.3 Å². The standard InChI is InChI=1S/C20H18N6S3/c1-2-10-26(9-1)19-24-25-20(29-19)28-18-15-13-6-3-7-14(13)27-17(15)22-16(23-18)12-5-4-8-21-11-12/h4-5,8,11H,1-3,6-7,9-10H2. The van der Waals surface area contributed by atoms with Crippen molar-refractivity contribution in [3.63, 3.8) is 0 Å². The lowest BCUT2D eigenvalue weighted by Crippen LogP contribution is -2.17. The van der Waals surface area contributed by atoms with Crippen molar-refractivity contribution in [1.29, 1.82) is 0 Å². The van der Waals surface area contributed by atoms with Crippen LogP contribution < -0.4 is 4.90 Å². The van der Waals surface area contributed by atoms with E-state index in [4.69, 9.17) is 9.97 Å². The molecule has 1 fully saturated rings. The van der Waals surface area contributed by atoms with Gasteiger partial charge in [0.05, 0.1) is 0 Å². The number of rotatable bonds is 4. The number of hydrogen-bond donors (Lipinski definition) is 0. The van der Waals surface area contributed by atoms with E-state index in [2.05, 4.69) is 20.1 Å². The molecule has 0 saturated carbocycles. The molecule has 5 heterocycles. The summed E-state index contributed by atoms with van der Waals surface area (Å²) in [6, 6.07) is 3.94. The summed E-state index contributed by atoms with van der Waals surface area (Å²) in [5, 5.41) is 12.1. The van der Waals surface area contributed by atoms with Crippen molar-refractivity contribution in [2.75, 3.05) is 18.0 Å². The van der Waals surface area contributed by atoms with Crippen molar-refractivity contribution < 1.29 is 0 Å². The van der Waals surface area contributed by atoms with Gasteiger partial charge in [0.1, 0.15) is 9.86 Å². The Morgan fingerprint density at radius 3 is 2.79 bits per heavy atom. The van der Waals surface area contributed by atoms with E-state index in [-0.39, 0.29) is 0 Å². The van der Waals surface area contributed by atoms with Crippen LogP contribution in [0.15, 0.2) is 33.9 Å². The zero-order valence-corrected chi connectivity index (χ0v) is 18.1. The lowest BCUT2D eigenvalue weighted by molar-refractivity contribution is 0.911. The summed E-state index contributed by atoms with van der Waals surface area (Å²) in [6.07, 6.45) is 9.58. The first-order valence-electron chi connectivity index (χ1n) is 9.84. The third kappa shape index (κ3) is 3.21. The van der Waals surface area contributed by atoms with Crippen LogP contribution in [0.25, 0.3) is 21.6 Å². The van der Waals surface area contributed by atoms with E-state index in [1.54, 1.807) is 29.3 Å². The van der Waals surface area contributed by atoms with Crippen LogP contribution in [0.3, 0.4) is 0 Å². The molecule has 1 saturated heterocycles. The average molecular weight is 439 g/mol. The van der Waals surface area contributed by atoms with E-state index in [9.17, 15) is 0 Å². The first kappa shape index (κ1) is 17.7. The second kappa shape index (κ2) is 7.30. The minimum Gasteiger partial charge on any atom is -0.347 e. The molecule has 0 unspecified atom stereocenters. The van der Waals surface area contributed by atoms with E-state index >= 15 is 0 Å². The first-order valence-corrected chi connectivity index (χ1v) is 12.3. The van der Waals surface area contributed by atoms with Gasteiger partial charge in [-0.05, 0) is 61.6 Å². The Balaban J connectivity index is 1.44. The molecule has 0 aromatic carbocycles. The molecule has 0 bridgehead atoms. The monoisotopic (exact) mass is 438 g/mol. The Kier molecular flexibility index (Phi) is 4.46. The maximum absolute atomic E-state index is 4.97. The number of fused-ring (bicyclic) bond motifs is 3. The van der Waals surface area contributed by atoms with Crippen LogP contribution in [0.1, 0.15) is 29.7 Å². The Labute approximate surface area is 180 Å². The van der Waals surface area contributed by atoms with Crippen molar-refractivity contribution in [3.05, 3.63) is 35.0 Å². The quantitative estimate of drug-likeness (QED) is 0.422. The maximum Gasteiger partial charge on any atom is 0.209 e. The number of nitrogens with zero attached hydrogens (tertiary/aromatic N) is 6. The highest BCUT2D eigenvalue weighted by Gasteiger charge is 2.24. The topological polar surface area (TPSA) is 67.7 Å². The fourth-order valence-electron chi connectivity index (χ4n) is 4.02. The zero-order chi connectivity index (χ0) is 19.2. The highest BCUT2D eigenvalue weighted by molar-refractivity contribution is 8.01. The number of hydrogen-bond acceptors (Lipinski definition) is 9. The predicted octanol–water partition coefficient (Wildman–Crippen LogP) is 4.84. The van der Waals surface area contributed by atoms with Crippen molar-refractivity contribution in [2.45, 2.75) is 41.5 Å². The normalized spacial score (nSPS) is 16.1. The highest BCUT2D eigenvalue weighted by atomic mass is 32.2. The van der Waals surface area contributed by atoms with Crippen LogP contribution in [-0.4, -0.2) is 38.2 Å². The van der Waals surface area contributed by atoms with Crippen LogP contribution in [0.2, 0.25) is 0 Å². The number of aryl methyl sites for hydroxylation is 2. The van der Waals surface area contributed by atoms with Gasteiger partial charge < -0.3 is 4.90 Å².